The number of ether oxygens (including phenoxy) is 1. The molecule has 2 amide bonds. The van der Waals surface area contributed by atoms with Gasteiger partial charge in [-0.05, 0) is 45.4 Å². The van der Waals surface area contributed by atoms with Crippen molar-refractivity contribution >= 4 is 6.03 Å². The molecule has 0 aliphatic carbocycles. The first-order chi connectivity index (χ1) is 8.31. The maximum Gasteiger partial charge on any atom is 0.315 e. The fourth-order valence-corrected chi connectivity index (χ4v) is 1.53. The van der Waals surface area contributed by atoms with Crippen molar-refractivity contribution in [3.8, 4) is 5.75 Å². The van der Waals surface area contributed by atoms with Gasteiger partial charge >= 0.3 is 6.03 Å². The van der Waals surface area contributed by atoms with E-state index in [1.165, 1.54) is 0 Å². The van der Waals surface area contributed by atoms with E-state index < -0.39 is 0 Å². The van der Waals surface area contributed by atoms with Crippen LogP contribution in [0.2, 0.25) is 0 Å². The Morgan fingerprint density at radius 3 is 2.22 bits per heavy atom. The van der Waals surface area contributed by atoms with Crippen LogP contribution in [0.1, 0.15) is 39.3 Å². The number of carbonyl (C=O) groups excluding carboxylic acids is 1. The highest BCUT2D eigenvalue weighted by molar-refractivity contribution is 5.73. The molecule has 1 aromatic carbocycles. The van der Waals surface area contributed by atoms with Crippen LogP contribution in [0, 0.1) is 0 Å². The molecule has 0 bridgehead atoms. The molecule has 0 aliphatic heterocycles. The minimum atomic E-state index is -0.201. The predicted molar refractivity (Wildman–Crippen MR) is 72.8 cm³/mol. The zero-order chi connectivity index (χ0) is 13.8. The monoisotopic (exact) mass is 250 g/mol. The molecule has 2 N–H and O–H groups in total. The van der Waals surface area contributed by atoms with Crippen LogP contribution in [0.25, 0.3) is 0 Å². The van der Waals surface area contributed by atoms with Gasteiger partial charge in [0, 0.05) is 7.05 Å². The summed E-state index contributed by atoms with van der Waals surface area (Å²) >= 11 is 0. The van der Waals surface area contributed by atoms with Crippen molar-refractivity contribution in [3.05, 3.63) is 29.8 Å². The van der Waals surface area contributed by atoms with E-state index in [1.807, 2.05) is 52.0 Å². The first-order valence-electron chi connectivity index (χ1n) is 6.09. The summed E-state index contributed by atoms with van der Waals surface area (Å²) < 4.78 is 5.74. The summed E-state index contributed by atoms with van der Waals surface area (Å²) in [5.41, 5.74) is 0.841. The number of amides is 2. The highest BCUT2D eigenvalue weighted by Crippen LogP contribution is 2.21. The van der Waals surface area contributed by atoms with Gasteiger partial charge in [-0.25, -0.2) is 4.79 Å². The number of hydrogen-bond acceptors (Lipinski definition) is 2. The Kier molecular flexibility index (Phi) is 4.59. The second kappa shape index (κ2) is 5.76. The first-order valence-corrected chi connectivity index (χ1v) is 6.09. The minimum Gasteiger partial charge on any atom is -0.488 e. The van der Waals surface area contributed by atoms with Gasteiger partial charge in [0.25, 0.3) is 0 Å². The molecule has 0 saturated carbocycles. The molecule has 1 rings (SSSR count). The highest BCUT2D eigenvalue weighted by Gasteiger charge is 2.12. The van der Waals surface area contributed by atoms with E-state index in [0.717, 1.165) is 11.3 Å². The minimum absolute atomic E-state index is 0.0337. The summed E-state index contributed by atoms with van der Waals surface area (Å²) in [5, 5.41) is 5.36. The highest BCUT2D eigenvalue weighted by atomic mass is 16.5. The largest absolute Gasteiger partial charge is 0.488 e. The molecule has 4 heteroatoms. The fraction of sp³-hybridized carbons (Fsp3) is 0.500. The summed E-state index contributed by atoms with van der Waals surface area (Å²) in [7, 11) is 1.60. The van der Waals surface area contributed by atoms with Gasteiger partial charge < -0.3 is 15.4 Å². The van der Waals surface area contributed by atoms with Crippen molar-refractivity contribution in [3.63, 3.8) is 0 Å². The summed E-state index contributed by atoms with van der Waals surface area (Å²) in [6.07, 6.45) is 0. The molecule has 1 unspecified atom stereocenters. The lowest BCUT2D eigenvalue weighted by atomic mass is 10.1. The lowest BCUT2D eigenvalue weighted by Gasteiger charge is -2.22. The van der Waals surface area contributed by atoms with Crippen LogP contribution in [0.3, 0.4) is 0 Å². The summed E-state index contributed by atoms with van der Waals surface area (Å²) in [4.78, 5) is 11.2. The molecular weight excluding hydrogens is 228 g/mol. The van der Waals surface area contributed by atoms with Gasteiger partial charge in [-0.3, -0.25) is 0 Å². The third-order valence-corrected chi connectivity index (χ3v) is 2.38. The van der Waals surface area contributed by atoms with Gasteiger partial charge in [-0.2, -0.15) is 0 Å². The molecule has 0 saturated heterocycles. The molecule has 0 spiro atoms. The Bertz CT molecular complexity index is 393. The zero-order valence-electron chi connectivity index (χ0n) is 11.7. The van der Waals surface area contributed by atoms with Crippen molar-refractivity contribution in [2.75, 3.05) is 7.05 Å². The van der Waals surface area contributed by atoms with E-state index in [2.05, 4.69) is 10.6 Å². The maximum absolute atomic E-state index is 11.2. The first kappa shape index (κ1) is 14.4. The van der Waals surface area contributed by atoms with E-state index in [0.29, 0.717) is 0 Å². The predicted octanol–water partition coefficient (Wildman–Crippen LogP) is 2.85. The van der Waals surface area contributed by atoms with Gasteiger partial charge in [0.15, 0.2) is 0 Å². The van der Waals surface area contributed by atoms with Crippen LogP contribution in [-0.2, 0) is 0 Å². The quantitative estimate of drug-likeness (QED) is 0.866. The molecule has 0 aromatic heterocycles. The van der Waals surface area contributed by atoms with E-state index in [9.17, 15) is 4.79 Å². The Labute approximate surface area is 109 Å². The van der Waals surface area contributed by atoms with Gasteiger partial charge in [0.2, 0.25) is 0 Å². The molecule has 0 radical (unpaired) electrons. The fourth-order valence-electron chi connectivity index (χ4n) is 1.53. The average Bonchev–Trinajstić information content (AvgIpc) is 2.27. The molecule has 1 atom stereocenters. The SMILES string of the molecule is CNC(=O)NC(C)c1ccc(OC(C)(C)C)cc1. The van der Waals surface area contributed by atoms with Crippen LogP contribution < -0.4 is 15.4 Å². The van der Waals surface area contributed by atoms with Crippen molar-refractivity contribution in [1.29, 1.82) is 0 Å². The van der Waals surface area contributed by atoms with Crippen LogP contribution in [0.15, 0.2) is 24.3 Å². The smallest absolute Gasteiger partial charge is 0.315 e. The average molecular weight is 250 g/mol. The van der Waals surface area contributed by atoms with E-state index in [1.54, 1.807) is 7.05 Å². The molecule has 1 aromatic rings. The Balaban J connectivity index is 2.67. The van der Waals surface area contributed by atoms with Gasteiger partial charge in [-0.1, -0.05) is 12.1 Å². The molecule has 4 nitrogen and oxygen atoms in total. The Hall–Kier alpha value is -1.71. The second-order valence-corrected chi connectivity index (χ2v) is 5.23. The van der Waals surface area contributed by atoms with Crippen molar-refractivity contribution in [2.24, 2.45) is 0 Å². The topological polar surface area (TPSA) is 50.4 Å². The van der Waals surface area contributed by atoms with Crippen molar-refractivity contribution in [1.82, 2.24) is 10.6 Å². The number of carbonyl (C=O) groups is 1. The Morgan fingerprint density at radius 1 is 1.22 bits per heavy atom. The Morgan fingerprint density at radius 2 is 1.78 bits per heavy atom. The number of benzene rings is 1. The van der Waals surface area contributed by atoms with Crippen molar-refractivity contribution < 1.29 is 9.53 Å². The van der Waals surface area contributed by atoms with Gasteiger partial charge in [0.1, 0.15) is 11.4 Å². The molecule has 0 heterocycles. The van der Waals surface area contributed by atoms with Crippen LogP contribution >= 0.6 is 0 Å². The van der Waals surface area contributed by atoms with Crippen LogP contribution in [0.4, 0.5) is 4.79 Å². The van der Waals surface area contributed by atoms with E-state index in [4.69, 9.17) is 4.74 Å². The number of hydrogen-bond donors (Lipinski definition) is 2. The molecule has 18 heavy (non-hydrogen) atoms. The third kappa shape index (κ3) is 4.65. The molecule has 0 fully saturated rings. The second-order valence-electron chi connectivity index (χ2n) is 5.23. The zero-order valence-corrected chi connectivity index (χ0v) is 11.7. The summed E-state index contributed by atoms with van der Waals surface area (Å²) in [6, 6.07) is 7.54. The standard InChI is InChI=1S/C14H22N2O2/c1-10(16-13(17)15-5)11-6-8-12(9-7-11)18-14(2,3)4/h6-10H,1-5H3,(H2,15,16,17). The van der Waals surface area contributed by atoms with E-state index in [-0.39, 0.29) is 17.7 Å². The van der Waals surface area contributed by atoms with E-state index >= 15 is 0 Å². The number of rotatable bonds is 3. The number of nitrogens with one attached hydrogen (secondary N) is 2. The third-order valence-electron chi connectivity index (χ3n) is 2.38. The van der Waals surface area contributed by atoms with Crippen LogP contribution in [0.5, 0.6) is 5.75 Å². The van der Waals surface area contributed by atoms with Crippen LogP contribution in [-0.4, -0.2) is 18.7 Å². The lowest BCUT2D eigenvalue weighted by Crippen LogP contribution is -2.34. The van der Waals surface area contributed by atoms with Gasteiger partial charge in [-0.15, -0.1) is 0 Å². The molecule has 100 valence electrons. The molecular formula is C14H22N2O2. The maximum atomic E-state index is 11.2. The van der Waals surface area contributed by atoms with Crippen molar-refractivity contribution in [2.45, 2.75) is 39.3 Å². The summed E-state index contributed by atoms with van der Waals surface area (Å²) in [6.45, 7) is 7.97. The summed E-state index contributed by atoms with van der Waals surface area (Å²) in [5.74, 6) is 0.832. The number of urea groups is 1. The molecule has 0 aliphatic rings. The normalized spacial score (nSPS) is 12.7. The lowest BCUT2D eigenvalue weighted by molar-refractivity contribution is 0.131. The van der Waals surface area contributed by atoms with Gasteiger partial charge in [0.05, 0.1) is 6.04 Å².